The highest BCUT2D eigenvalue weighted by Gasteiger charge is 2.21. The topological polar surface area (TPSA) is 93.9 Å². The summed E-state index contributed by atoms with van der Waals surface area (Å²) in [5, 5.41) is 13.5. The summed E-state index contributed by atoms with van der Waals surface area (Å²) in [6.45, 7) is 7.48. The molecule has 1 aromatic rings. The Hall–Kier alpha value is -2.51. The van der Waals surface area contributed by atoms with Crippen LogP contribution in [0.2, 0.25) is 0 Å². The van der Waals surface area contributed by atoms with Gasteiger partial charge in [0.1, 0.15) is 18.0 Å². The Bertz CT molecular complexity index is 597. The van der Waals surface area contributed by atoms with E-state index in [-0.39, 0.29) is 5.69 Å². The highest BCUT2D eigenvalue weighted by atomic mass is 16.6. The molecule has 1 aromatic carbocycles. The van der Waals surface area contributed by atoms with Crippen molar-refractivity contribution in [2.45, 2.75) is 26.4 Å². The molecular weight excluding hydrogens is 302 g/mol. The lowest BCUT2D eigenvalue weighted by atomic mass is 10.2. The van der Waals surface area contributed by atoms with Crippen LogP contribution in [-0.2, 0) is 4.74 Å². The van der Waals surface area contributed by atoms with Gasteiger partial charge in [0, 0.05) is 19.2 Å². The van der Waals surface area contributed by atoms with Crippen molar-refractivity contribution in [1.29, 1.82) is 0 Å². The zero-order chi connectivity index (χ0) is 17.0. The van der Waals surface area contributed by atoms with Crippen LogP contribution < -0.4 is 15.0 Å². The molecule has 8 nitrogen and oxygen atoms in total. The Kier molecular flexibility index (Phi) is 4.92. The summed E-state index contributed by atoms with van der Waals surface area (Å²) >= 11 is 0. The number of ether oxygens (including phenoxy) is 2. The molecule has 8 heteroatoms. The van der Waals surface area contributed by atoms with E-state index in [1.807, 2.05) is 4.90 Å². The monoisotopic (exact) mass is 323 g/mol. The largest absolute Gasteiger partial charge is 0.489 e. The number of carbonyl (C=O) groups is 1. The van der Waals surface area contributed by atoms with Crippen LogP contribution in [0, 0.1) is 10.1 Å². The molecule has 1 aliphatic rings. The van der Waals surface area contributed by atoms with E-state index in [0.29, 0.717) is 32.0 Å². The van der Waals surface area contributed by atoms with Gasteiger partial charge in [-0.15, -0.1) is 0 Å². The van der Waals surface area contributed by atoms with Crippen molar-refractivity contribution in [2.75, 3.05) is 31.1 Å². The Balaban J connectivity index is 1.93. The predicted molar refractivity (Wildman–Crippen MR) is 85.0 cm³/mol. The zero-order valence-corrected chi connectivity index (χ0v) is 13.5. The van der Waals surface area contributed by atoms with Crippen molar-refractivity contribution in [1.82, 2.24) is 5.32 Å². The van der Waals surface area contributed by atoms with E-state index >= 15 is 0 Å². The molecule has 0 unspecified atom stereocenters. The van der Waals surface area contributed by atoms with Gasteiger partial charge in [-0.25, -0.2) is 4.79 Å². The second kappa shape index (κ2) is 6.72. The van der Waals surface area contributed by atoms with Gasteiger partial charge in [0.25, 0.3) is 5.69 Å². The number of nitro benzene ring substituents is 1. The van der Waals surface area contributed by atoms with Crippen LogP contribution in [0.5, 0.6) is 5.75 Å². The lowest BCUT2D eigenvalue weighted by Gasteiger charge is -2.31. The smallest absolute Gasteiger partial charge is 0.407 e. The van der Waals surface area contributed by atoms with Crippen LogP contribution in [0.1, 0.15) is 20.8 Å². The number of nitrogens with one attached hydrogen (secondary N) is 1. The summed E-state index contributed by atoms with van der Waals surface area (Å²) in [6.07, 6.45) is -0.463. The third-order valence-electron chi connectivity index (χ3n) is 3.16. The Morgan fingerprint density at radius 2 is 2.22 bits per heavy atom. The van der Waals surface area contributed by atoms with E-state index in [1.165, 1.54) is 12.1 Å². The number of hydrogen-bond donors (Lipinski definition) is 1. The number of nitrogens with zero attached hydrogens (tertiary/aromatic N) is 2. The number of rotatable bonds is 4. The Morgan fingerprint density at radius 1 is 1.48 bits per heavy atom. The summed E-state index contributed by atoms with van der Waals surface area (Å²) in [5.74, 6) is 0.489. The van der Waals surface area contributed by atoms with Crippen molar-refractivity contribution < 1.29 is 19.2 Å². The van der Waals surface area contributed by atoms with E-state index in [4.69, 9.17) is 9.47 Å². The minimum atomic E-state index is -0.533. The molecular formula is C15H21N3O5. The van der Waals surface area contributed by atoms with E-state index in [1.54, 1.807) is 26.8 Å². The number of fused-ring (bicyclic) bond motifs is 1. The summed E-state index contributed by atoms with van der Waals surface area (Å²) in [6, 6.07) is 4.53. The van der Waals surface area contributed by atoms with Gasteiger partial charge in [0.15, 0.2) is 0 Å². The van der Waals surface area contributed by atoms with Gasteiger partial charge in [0.05, 0.1) is 23.2 Å². The quantitative estimate of drug-likeness (QED) is 0.675. The number of anilines is 1. The summed E-state index contributed by atoms with van der Waals surface area (Å²) < 4.78 is 10.7. The first-order valence-corrected chi connectivity index (χ1v) is 7.39. The summed E-state index contributed by atoms with van der Waals surface area (Å²) in [4.78, 5) is 24.0. The fraction of sp³-hybridized carbons (Fsp3) is 0.533. The number of alkyl carbamates (subject to hydrolysis) is 1. The lowest BCUT2D eigenvalue weighted by molar-refractivity contribution is -0.384. The molecule has 0 atom stereocenters. The minimum absolute atomic E-state index is 0.00233. The van der Waals surface area contributed by atoms with Gasteiger partial charge in [-0.1, -0.05) is 0 Å². The van der Waals surface area contributed by atoms with Crippen LogP contribution in [0.25, 0.3) is 0 Å². The predicted octanol–water partition coefficient (Wildman–Crippen LogP) is 2.32. The highest BCUT2D eigenvalue weighted by molar-refractivity contribution is 5.68. The van der Waals surface area contributed by atoms with E-state index in [0.717, 1.165) is 5.69 Å². The molecule has 0 saturated carbocycles. The Labute approximate surface area is 134 Å². The summed E-state index contributed by atoms with van der Waals surface area (Å²) in [5.41, 5.74) is 0.250. The molecule has 0 aliphatic carbocycles. The van der Waals surface area contributed by atoms with E-state index in [2.05, 4.69) is 5.32 Å². The van der Waals surface area contributed by atoms with Crippen molar-refractivity contribution >= 4 is 17.5 Å². The lowest BCUT2D eigenvalue weighted by Crippen LogP contribution is -2.40. The van der Waals surface area contributed by atoms with Crippen LogP contribution in [0.3, 0.4) is 0 Å². The van der Waals surface area contributed by atoms with E-state index in [9.17, 15) is 14.9 Å². The first-order valence-electron chi connectivity index (χ1n) is 7.39. The number of non-ortho nitro benzene ring substituents is 1. The Morgan fingerprint density at radius 3 is 2.87 bits per heavy atom. The number of amides is 1. The molecule has 0 spiro atoms. The standard InChI is InChI=1S/C15H21N3O5/c1-15(2,3)23-14(19)16-6-7-17-8-9-22-13-10-11(18(20)21)4-5-12(13)17/h4-5,10H,6-9H2,1-3H3,(H,16,19). The average molecular weight is 323 g/mol. The number of benzene rings is 1. The molecule has 0 radical (unpaired) electrons. The first kappa shape index (κ1) is 16.9. The second-order valence-electron chi connectivity index (χ2n) is 6.17. The maximum atomic E-state index is 11.6. The molecule has 0 aromatic heterocycles. The maximum absolute atomic E-state index is 11.6. The number of hydrogen-bond acceptors (Lipinski definition) is 6. The van der Waals surface area contributed by atoms with Gasteiger partial charge in [-0.05, 0) is 26.8 Å². The molecule has 1 heterocycles. The average Bonchev–Trinajstić information content (AvgIpc) is 2.45. The molecule has 1 aliphatic heterocycles. The first-order chi connectivity index (χ1) is 10.8. The fourth-order valence-electron chi connectivity index (χ4n) is 2.22. The van der Waals surface area contributed by atoms with Crippen molar-refractivity contribution in [3.8, 4) is 5.75 Å². The van der Waals surface area contributed by atoms with E-state index < -0.39 is 16.6 Å². The molecule has 23 heavy (non-hydrogen) atoms. The molecule has 2 rings (SSSR count). The second-order valence-corrected chi connectivity index (χ2v) is 6.17. The number of nitro groups is 1. The van der Waals surface area contributed by atoms with Gasteiger partial charge in [0.2, 0.25) is 0 Å². The zero-order valence-electron chi connectivity index (χ0n) is 13.5. The molecule has 1 N–H and O–H groups in total. The fourth-order valence-corrected chi connectivity index (χ4v) is 2.22. The van der Waals surface area contributed by atoms with Crippen LogP contribution in [-0.4, -0.2) is 42.9 Å². The van der Waals surface area contributed by atoms with Crippen molar-refractivity contribution in [3.05, 3.63) is 28.3 Å². The van der Waals surface area contributed by atoms with Crippen LogP contribution in [0.15, 0.2) is 18.2 Å². The number of carbonyl (C=O) groups excluding carboxylic acids is 1. The maximum Gasteiger partial charge on any atom is 0.407 e. The molecule has 126 valence electrons. The molecule has 0 saturated heterocycles. The minimum Gasteiger partial charge on any atom is -0.489 e. The van der Waals surface area contributed by atoms with Crippen molar-refractivity contribution in [2.24, 2.45) is 0 Å². The third-order valence-corrected chi connectivity index (χ3v) is 3.16. The van der Waals surface area contributed by atoms with Crippen LogP contribution >= 0.6 is 0 Å². The SMILES string of the molecule is CC(C)(C)OC(=O)NCCN1CCOc2cc([N+](=O)[O-])ccc21. The van der Waals surface area contributed by atoms with Crippen LogP contribution in [0.4, 0.5) is 16.2 Å². The highest BCUT2D eigenvalue weighted by Crippen LogP contribution is 2.34. The van der Waals surface area contributed by atoms with Gasteiger partial charge >= 0.3 is 6.09 Å². The normalized spacial score (nSPS) is 13.8. The van der Waals surface area contributed by atoms with Gasteiger partial charge < -0.3 is 19.7 Å². The molecule has 0 fully saturated rings. The third kappa shape index (κ3) is 4.73. The molecule has 1 amide bonds. The summed E-state index contributed by atoms with van der Waals surface area (Å²) in [7, 11) is 0. The molecule has 0 bridgehead atoms. The van der Waals surface area contributed by atoms with Crippen molar-refractivity contribution in [3.63, 3.8) is 0 Å². The van der Waals surface area contributed by atoms with Gasteiger partial charge in [-0.3, -0.25) is 10.1 Å². The van der Waals surface area contributed by atoms with Gasteiger partial charge in [-0.2, -0.15) is 0 Å².